The first-order chi connectivity index (χ1) is 8.63. The van der Waals surface area contributed by atoms with Gasteiger partial charge in [0.25, 0.3) is 0 Å². The Balaban J connectivity index is 2.41. The van der Waals surface area contributed by atoms with Crippen LogP contribution in [0.5, 0.6) is 5.75 Å². The van der Waals surface area contributed by atoms with Gasteiger partial charge >= 0.3 is 0 Å². The predicted molar refractivity (Wildman–Crippen MR) is 71.0 cm³/mol. The zero-order valence-corrected chi connectivity index (χ0v) is 11.4. The maximum absolute atomic E-state index is 9.89. The summed E-state index contributed by atoms with van der Waals surface area (Å²) in [5, 5.41) is 10.8. The van der Waals surface area contributed by atoms with Crippen molar-refractivity contribution in [3.8, 4) is 5.75 Å². The van der Waals surface area contributed by atoms with E-state index in [0.29, 0.717) is 5.75 Å². The summed E-state index contributed by atoms with van der Waals surface area (Å²) in [5.41, 5.74) is 0.799. The Morgan fingerprint density at radius 3 is 2.78 bits per heavy atom. The first kappa shape index (κ1) is 13.0. The summed E-state index contributed by atoms with van der Waals surface area (Å²) >= 11 is 1.52. The molecule has 0 unspecified atom stereocenters. The first-order valence-electron chi connectivity index (χ1n) is 5.63. The number of methoxy groups -OCH3 is 1. The van der Waals surface area contributed by atoms with Gasteiger partial charge in [-0.1, -0.05) is 17.8 Å². The minimum atomic E-state index is -0.580. The van der Waals surface area contributed by atoms with E-state index in [1.165, 1.54) is 11.8 Å². The molecule has 2 rings (SSSR count). The van der Waals surface area contributed by atoms with Crippen LogP contribution in [0.3, 0.4) is 0 Å². The van der Waals surface area contributed by atoms with Gasteiger partial charge in [0.15, 0.2) is 5.16 Å². The number of aliphatic hydroxyl groups is 1. The SMILES string of the molecule is COc1cccc(Sc2nccn2C)c1[C@@H](C)O. The van der Waals surface area contributed by atoms with Crippen LogP contribution in [-0.2, 0) is 7.05 Å². The zero-order chi connectivity index (χ0) is 13.1. The highest BCUT2D eigenvalue weighted by atomic mass is 32.2. The van der Waals surface area contributed by atoms with E-state index in [0.717, 1.165) is 15.6 Å². The van der Waals surface area contributed by atoms with Gasteiger partial charge in [-0.15, -0.1) is 0 Å². The van der Waals surface area contributed by atoms with Gasteiger partial charge in [0.2, 0.25) is 0 Å². The summed E-state index contributed by atoms with van der Waals surface area (Å²) in [6, 6.07) is 5.73. The molecule has 1 aromatic heterocycles. The Bertz CT molecular complexity index is 538. The van der Waals surface area contributed by atoms with Gasteiger partial charge < -0.3 is 14.4 Å². The van der Waals surface area contributed by atoms with E-state index in [-0.39, 0.29) is 0 Å². The van der Waals surface area contributed by atoms with Gasteiger partial charge in [0.1, 0.15) is 5.75 Å². The average molecular weight is 264 g/mol. The molecule has 0 amide bonds. The molecule has 2 aromatic rings. The lowest BCUT2D eigenvalue weighted by Gasteiger charge is -2.15. The van der Waals surface area contributed by atoms with Crippen molar-refractivity contribution < 1.29 is 9.84 Å². The number of ether oxygens (including phenoxy) is 1. The predicted octanol–water partition coefficient (Wildman–Crippen LogP) is 2.63. The Kier molecular flexibility index (Phi) is 3.93. The fourth-order valence-electron chi connectivity index (χ4n) is 1.75. The third-order valence-electron chi connectivity index (χ3n) is 2.64. The second-order valence-corrected chi connectivity index (χ2v) is 4.98. The summed E-state index contributed by atoms with van der Waals surface area (Å²) in [6.07, 6.45) is 3.07. The van der Waals surface area contributed by atoms with E-state index in [1.807, 2.05) is 36.0 Å². The van der Waals surface area contributed by atoms with Crippen LogP contribution in [-0.4, -0.2) is 21.8 Å². The van der Waals surface area contributed by atoms with Crippen LogP contribution >= 0.6 is 11.8 Å². The molecule has 0 saturated heterocycles. The topological polar surface area (TPSA) is 47.3 Å². The molecule has 18 heavy (non-hydrogen) atoms. The molecule has 4 nitrogen and oxygen atoms in total. The lowest BCUT2D eigenvalue weighted by atomic mass is 10.1. The molecule has 5 heteroatoms. The molecule has 96 valence electrons. The Hall–Kier alpha value is -1.46. The van der Waals surface area contributed by atoms with Crippen molar-refractivity contribution in [1.82, 2.24) is 9.55 Å². The molecule has 0 bridgehead atoms. The first-order valence-corrected chi connectivity index (χ1v) is 6.45. The van der Waals surface area contributed by atoms with Gasteiger partial charge in [-0.3, -0.25) is 0 Å². The molecule has 1 heterocycles. The van der Waals surface area contributed by atoms with Crippen LogP contribution in [0.4, 0.5) is 0 Å². The molecular weight excluding hydrogens is 248 g/mol. The third-order valence-corrected chi connectivity index (χ3v) is 3.79. The van der Waals surface area contributed by atoms with Crippen molar-refractivity contribution in [2.75, 3.05) is 7.11 Å². The van der Waals surface area contributed by atoms with Crippen LogP contribution in [0.1, 0.15) is 18.6 Å². The lowest BCUT2D eigenvalue weighted by molar-refractivity contribution is 0.191. The Labute approximate surface area is 111 Å². The maximum Gasteiger partial charge on any atom is 0.172 e. The zero-order valence-electron chi connectivity index (χ0n) is 10.6. The van der Waals surface area contributed by atoms with Crippen molar-refractivity contribution in [2.45, 2.75) is 23.1 Å². The number of rotatable bonds is 4. The maximum atomic E-state index is 9.89. The Morgan fingerprint density at radius 2 is 2.22 bits per heavy atom. The molecule has 0 aliphatic carbocycles. The third kappa shape index (κ3) is 2.52. The number of nitrogens with zero attached hydrogens (tertiary/aromatic N) is 2. The van der Waals surface area contributed by atoms with Gasteiger partial charge in [0.05, 0.1) is 13.2 Å². The second-order valence-electron chi connectivity index (χ2n) is 3.97. The number of aromatic nitrogens is 2. The number of benzene rings is 1. The smallest absolute Gasteiger partial charge is 0.172 e. The summed E-state index contributed by atoms with van der Waals surface area (Å²) in [7, 11) is 3.55. The Morgan fingerprint density at radius 1 is 1.44 bits per heavy atom. The highest BCUT2D eigenvalue weighted by molar-refractivity contribution is 7.99. The van der Waals surface area contributed by atoms with Crippen molar-refractivity contribution in [3.63, 3.8) is 0 Å². The molecule has 0 spiro atoms. The molecule has 1 atom stereocenters. The van der Waals surface area contributed by atoms with Gasteiger partial charge in [-0.2, -0.15) is 0 Å². The normalized spacial score (nSPS) is 12.4. The van der Waals surface area contributed by atoms with Crippen molar-refractivity contribution in [3.05, 3.63) is 36.2 Å². The van der Waals surface area contributed by atoms with Crippen LogP contribution in [0.15, 0.2) is 40.6 Å². The van der Waals surface area contributed by atoms with Crippen LogP contribution in [0.25, 0.3) is 0 Å². The van der Waals surface area contributed by atoms with Crippen molar-refractivity contribution in [1.29, 1.82) is 0 Å². The summed E-state index contributed by atoms with van der Waals surface area (Å²) < 4.78 is 7.24. The minimum absolute atomic E-state index is 0.580. The fourth-order valence-corrected chi connectivity index (χ4v) is 2.79. The lowest BCUT2D eigenvalue weighted by Crippen LogP contribution is -1.99. The van der Waals surface area contributed by atoms with E-state index < -0.39 is 6.10 Å². The largest absolute Gasteiger partial charge is 0.496 e. The van der Waals surface area contributed by atoms with E-state index in [2.05, 4.69) is 4.98 Å². The number of aliphatic hydroxyl groups excluding tert-OH is 1. The average Bonchev–Trinajstić information content (AvgIpc) is 2.74. The number of imidazole rings is 1. The van der Waals surface area contributed by atoms with Crippen LogP contribution < -0.4 is 4.74 Å². The standard InChI is InChI=1S/C13H16N2O2S/c1-9(16)12-10(17-3)5-4-6-11(12)18-13-14-7-8-15(13)2/h4-9,16H,1-3H3/t9-/m1/s1. The highest BCUT2D eigenvalue weighted by Crippen LogP contribution is 2.37. The number of hydrogen-bond donors (Lipinski definition) is 1. The van der Waals surface area contributed by atoms with Gasteiger partial charge in [-0.25, -0.2) is 4.98 Å². The second kappa shape index (κ2) is 5.46. The highest BCUT2D eigenvalue weighted by Gasteiger charge is 2.16. The van der Waals surface area contributed by atoms with Crippen molar-refractivity contribution in [2.24, 2.45) is 7.05 Å². The molecule has 0 aliphatic rings. The monoisotopic (exact) mass is 264 g/mol. The van der Waals surface area contributed by atoms with E-state index in [9.17, 15) is 5.11 Å². The molecule has 1 aromatic carbocycles. The van der Waals surface area contributed by atoms with Crippen LogP contribution in [0.2, 0.25) is 0 Å². The summed E-state index contributed by atoms with van der Waals surface area (Å²) in [6.45, 7) is 1.74. The van der Waals surface area contributed by atoms with E-state index in [1.54, 1.807) is 20.2 Å². The molecule has 0 saturated carbocycles. The van der Waals surface area contributed by atoms with Gasteiger partial charge in [0, 0.05) is 29.9 Å². The molecule has 0 fully saturated rings. The van der Waals surface area contributed by atoms with Crippen LogP contribution in [0, 0.1) is 0 Å². The quantitative estimate of drug-likeness (QED) is 0.922. The minimum Gasteiger partial charge on any atom is -0.496 e. The molecular formula is C13H16N2O2S. The molecule has 1 N–H and O–H groups in total. The molecule has 0 aliphatic heterocycles. The molecule has 0 radical (unpaired) electrons. The number of aryl methyl sites for hydroxylation is 1. The van der Waals surface area contributed by atoms with Gasteiger partial charge in [-0.05, 0) is 19.1 Å². The summed E-state index contributed by atoms with van der Waals surface area (Å²) in [4.78, 5) is 5.23. The van der Waals surface area contributed by atoms with E-state index in [4.69, 9.17) is 4.74 Å². The summed E-state index contributed by atoms with van der Waals surface area (Å²) in [5.74, 6) is 0.698. The van der Waals surface area contributed by atoms with E-state index >= 15 is 0 Å². The fraction of sp³-hybridized carbons (Fsp3) is 0.308. The van der Waals surface area contributed by atoms with Crippen molar-refractivity contribution >= 4 is 11.8 Å². The number of hydrogen-bond acceptors (Lipinski definition) is 4.